The van der Waals surface area contributed by atoms with Gasteiger partial charge in [0.25, 0.3) is 0 Å². The minimum Gasteiger partial charge on any atom is -0.780 e. The fourth-order valence-electron chi connectivity index (χ4n) is 3.72. The molecule has 0 bridgehead atoms. The minimum absolute atomic E-state index is 0. The predicted octanol–water partition coefficient (Wildman–Crippen LogP) is -2.07. The number of phosphoric ester groups is 1. The molecule has 0 spiro atoms. The first-order valence-corrected chi connectivity index (χ1v) is 11.8. The van der Waals surface area contributed by atoms with Crippen LogP contribution in [0.15, 0.2) is 28.7 Å². The second-order valence-corrected chi connectivity index (χ2v) is 9.10. The van der Waals surface area contributed by atoms with Crippen molar-refractivity contribution in [1.29, 1.82) is 0 Å². The number of phosphoric acid groups is 1. The molecular formula is C21H21Cl2Na2O9P. The summed E-state index contributed by atoms with van der Waals surface area (Å²) in [5, 5.41) is 0.432. The van der Waals surface area contributed by atoms with E-state index in [2.05, 4.69) is 4.52 Å². The first-order valence-electron chi connectivity index (χ1n) is 9.45. The molecule has 1 atom stereocenters. The summed E-state index contributed by atoms with van der Waals surface area (Å²) in [5.74, 6) is 0.519. The molecule has 3 aromatic rings. The van der Waals surface area contributed by atoms with Crippen molar-refractivity contribution in [1.82, 2.24) is 0 Å². The second kappa shape index (κ2) is 13.5. The Morgan fingerprint density at radius 3 is 1.86 bits per heavy atom. The number of ether oxygens (including phenoxy) is 4. The molecule has 0 aliphatic carbocycles. The molecule has 35 heavy (non-hydrogen) atoms. The maximum atomic E-state index is 11.3. The zero-order valence-corrected chi connectivity index (χ0v) is 26.7. The SMILES string of the molecule is COc1cc(C(c2c(C)oc3c(OP(=O)([O-])[O-])c(OC)ccc23)C(Cl)Cl)cc(OC)c1OC.[Na+].[Na+]. The van der Waals surface area contributed by atoms with Gasteiger partial charge in [-0.1, -0.05) is 0 Å². The average molecular weight is 565 g/mol. The number of hydrogen-bond donors (Lipinski definition) is 0. The summed E-state index contributed by atoms with van der Waals surface area (Å²) in [5.41, 5.74) is 1.16. The number of hydrogen-bond acceptors (Lipinski definition) is 9. The second-order valence-electron chi connectivity index (χ2n) is 6.85. The smallest absolute Gasteiger partial charge is 0.780 e. The molecule has 0 fully saturated rings. The molecule has 180 valence electrons. The summed E-state index contributed by atoms with van der Waals surface area (Å²) in [7, 11) is 0.337. The number of methoxy groups -OCH3 is 4. The fraction of sp³-hybridized carbons (Fsp3) is 0.333. The van der Waals surface area contributed by atoms with Crippen LogP contribution in [0.1, 0.15) is 22.8 Å². The van der Waals surface area contributed by atoms with Gasteiger partial charge < -0.3 is 42.2 Å². The number of fused-ring (bicyclic) bond motifs is 1. The Morgan fingerprint density at radius 2 is 1.43 bits per heavy atom. The number of furan rings is 1. The van der Waals surface area contributed by atoms with E-state index in [1.165, 1.54) is 34.5 Å². The van der Waals surface area contributed by atoms with E-state index in [1.54, 1.807) is 25.1 Å². The van der Waals surface area contributed by atoms with Crippen LogP contribution in [0.5, 0.6) is 28.7 Å². The molecule has 2 aromatic carbocycles. The number of aryl methyl sites for hydroxylation is 1. The van der Waals surface area contributed by atoms with E-state index in [-0.39, 0.29) is 76.2 Å². The molecule has 0 N–H and O–H groups in total. The van der Waals surface area contributed by atoms with Gasteiger partial charge in [-0.15, -0.1) is 23.2 Å². The van der Waals surface area contributed by atoms with Crippen molar-refractivity contribution in [3.63, 3.8) is 0 Å². The molecule has 0 aliphatic rings. The van der Waals surface area contributed by atoms with Crippen molar-refractivity contribution in [3.8, 4) is 28.7 Å². The Morgan fingerprint density at radius 1 is 0.886 bits per heavy atom. The van der Waals surface area contributed by atoms with E-state index in [1.807, 2.05) is 0 Å². The largest absolute Gasteiger partial charge is 1.00 e. The third-order valence-electron chi connectivity index (χ3n) is 5.03. The van der Waals surface area contributed by atoms with E-state index in [9.17, 15) is 14.4 Å². The van der Waals surface area contributed by atoms with Crippen LogP contribution in [0.25, 0.3) is 11.0 Å². The van der Waals surface area contributed by atoms with Gasteiger partial charge in [0.1, 0.15) is 18.4 Å². The van der Waals surface area contributed by atoms with Crippen LogP contribution in [0, 0.1) is 6.92 Å². The topological polar surface area (TPSA) is 122 Å². The fourth-order valence-corrected chi connectivity index (χ4v) is 4.66. The Balaban J connectivity index is 0.00000306. The van der Waals surface area contributed by atoms with Crippen LogP contribution < -0.4 is 92.4 Å². The minimum atomic E-state index is -5.41. The van der Waals surface area contributed by atoms with Crippen molar-refractivity contribution in [2.75, 3.05) is 28.4 Å². The number of alkyl halides is 2. The standard InChI is InChI=1S/C21H23Cl2O9P.2Na/c1-10-16(12-6-7-13(27-2)20(18(12)31-10)32-33(24,25)26)17(21(22)23)11-8-14(28-3)19(30-5)15(9-11)29-4;;/h6-9,17,21H,1-5H3,(H2,24,25,26);;/q;2*+1/p-2. The number of benzene rings is 2. The Bertz CT molecular complexity index is 1190. The van der Waals surface area contributed by atoms with Crippen molar-refractivity contribution in [2.24, 2.45) is 0 Å². The molecule has 1 heterocycles. The van der Waals surface area contributed by atoms with Crippen molar-refractivity contribution in [2.45, 2.75) is 17.7 Å². The first kappa shape index (κ1) is 32.7. The van der Waals surface area contributed by atoms with Gasteiger partial charge in [-0.05, 0) is 36.8 Å². The Labute approximate surface area is 257 Å². The molecule has 0 radical (unpaired) electrons. The third-order valence-corrected chi connectivity index (χ3v) is 5.94. The molecule has 0 aliphatic heterocycles. The third kappa shape index (κ3) is 6.98. The summed E-state index contributed by atoms with van der Waals surface area (Å²) in [6.07, 6.45) is 0. The van der Waals surface area contributed by atoms with Crippen molar-refractivity contribution < 1.29 is 101 Å². The quantitative estimate of drug-likeness (QED) is 0.164. The maximum Gasteiger partial charge on any atom is 1.00 e. The maximum absolute atomic E-state index is 11.3. The normalized spacial score (nSPS) is 11.9. The molecule has 0 saturated heterocycles. The Hall–Kier alpha value is -0.290. The first-order chi connectivity index (χ1) is 15.6. The van der Waals surface area contributed by atoms with Crippen molar-refractivity contribution >= 4 is 42.0 Å². The average Bonchev–Trinajstić information content (AvgIpc) is 3.08. The summed E-state index contributed by atoms with van der Waals surface area (Å²) < 4.78 is 43.2. The van der Waals surface area contributed by atoms with Crippen LogP contribution >= 0.6 is 31.0 Å². The molecule has 14 heteroatoms. The van der Waals surface area contributed by atoms with Crippen LogP contribution in [0.3, 0.4) is 0 Å². The van der Waals surface area contributed by atoms with Gasteiger partial charge in [0.05, 0.1) is 28.4 Å². The van der Waals surface area contributed by atoms with Gasteiger partial charge in [-0.3, -0.25) is 0 Å². The Kier molecular flexibility index (Phi) is 12.6. The zero-order valence-electron chi connectivity index (χ0n) is 20.3. The molecule has 9 nitrogen and oxygen atoms in total. The summed E-state index contributed by atoms with van der Waals surface area (Å²) in [6, 6.07) is 6.49. The monoisotopic (exact) mass is 564 g/mol. The zero-order chi connectivity index (χ0) is 24.5. The van der Waals surface area contributed by atoms with Gasteiger partial charge in [-0.2, -0.15) is 0 Å². The summed E-state index contributed by atoms with van der Waals surface area (Å²) in [6.45, 7) is 1.65. The van der Waals surface area contributed by atoms with E-state index in [0.717, 1.165) is 0 Å². The van der Waals surface area contributed by atoms with E-state index in [4.69, 9.17) is 46.6 Å². The number of halogens is 2. The molecule has 1 unspecified atom stereocenters. The predicted molar refractivity (Wildman–Crippen MR) is 119 cm³/mol. The molecular weight excluding hydrogens is 544 g/mol. The van der Waals surface area contributed by atoms with Gasteiger partial charge in [0.15, 0.2) is 22.8 Å². The molecule has 1 aromatic heterocycles. The van der Waals surface area contributed by atoms with Crippen LogP contribution in [-0.4, -0.2) is 33.3 Å². The van der Waals surface area contributed by atoms with Crippen LogP contribution in [0.2, 0.25) is 0 Å². The van der Waals surface area contributed by atoms with E-state index < -0.39 is 18.6 Å². The molecule has 0 amide bonds. The van der Waals surface area contributed by atoms with E-state index in [0.29, 0.717) is 39.5 Å². The van der Waals surface area contributed by atoms with Crippen molar-refractivity contribution in [3.05, 3.63) is 41.2 Å². The van der Waals surface area contributed by atoms with Gasteiger partial charge >= 0.3 is 59.1 Å². The summed E-state index contributed by atoms with van der Waals surface area (Å²) in [4.78, 5) is 21.7. The van der Waals surface area contributed by atoms with Gasteiger partial charge in [0, 0.05) is 16.9 Å². The van der Waals surface area contributed by atoms with E-state index >= 15 is 0 Å². The molecule has 3 rings (SSSR count). The van der Waals surface area contributed by atoms with Gasteiger partial charge in [0.2, 0.25) is 11.5 Å². The number of rotatable bonds is 9. The summed E-state index contributed by atoms with van der Waals surface area (Å²) >= 11 is 12.8. The van der Waals surface area contributed by atoms with Crippen LogP contribution in [-0.2, 0) is 4.57 Å². The van der Waals surface area contributed by atoms with Gasteiger partial charge in [-0.25, -0.2) is 0 Å². The van der Waals surface area contributed by atoms with Crippen LogP contribution in [0.4, 0.5) is 0 Å². The molecule has 0 saturated carbocycles.